The molecule has 94 valence electrons. The molecule has 1 aromatic rings. The Hall–Kier alpha value is -0.580. The lowest BCUT2D eigenvalue weighted by atomic mass is 10.0. The molecule has 1 aromatic carbocycles. The molecule has 17 heavy (non-hydrogen) atoms. The lowest BCUT2D eigenvalue weighted by Crippen LogP contribution is -2.28. The number of methoxy groups -OCH3 is 1. The summed E-state index contributed by atoms with van der Waals surface area (Å²) in [6.07, 6.45) is 2.06. The van der Waals surface area contributed by atoms with E-state index in [4.69, 9.17) is 9.47 Å². The first-order valence-electron chi connectivity index (χ1n) is 5.96. The summed E-state index contributed by atoms with van der Waals surface area (Å²) in [5.74, 6) is 1.00. The van der Waals surface area contributed by atoms with Crippen molar-refractivity contribution in [1.82, 2.24) is 5.32 Å². The fourth-order valence-corrected chi connectivity index (χ4v) is 2.45. The average molecular weight is 300 g/mol. The van der Waals surface area contributed by atoms with Crippen LogP contribution >= 0.6 is 15.9 Å². The monoisotopic (exact) mass is 299 g/mol. The zero-order chi connectivity index (χ0) is 12.1. The normalized spacial score (nSPS) is 18.6. The second-order valence-electron chi connectivity index (χ2n) is 4.17. The van der Waals surface area contributed by atoms with E-state index >= 15 is 0 Å². The molecule has 4 heteroatoms. The lowest BCUT2D eigenvalue weighted by molar-refractivity contribution is 0.190. The number of hydrogen-bond acceptors (Lipinski definition) is 3. The van der Waals surface area contributed by atoms with E-state index in [1.165, 1.54) is 5.56 Å². The number of nitrogens with one attached hydrogen (secondary N) is 1. The average Bonchev–Trinajstić information content (AvgIpc) is 2.35. The Morgan fingerprint density at radius 2 is 2.41 bits per heavy atom. The summed E-state index contributed by atoms with van der Waals surface area (Å²) in [7, 11) is 1.74. The maximum Gasteiger partial charge on any atom is 0.124 e. The third-order valence-corrected chi connectivity index (χ3v) is 3.42. The smallest absolute Gasteiger partial charge is 0.124 e. The van der Waals surface area contributed by atoms with Crippen LogP contribution in [0.5, 0.6) is 5.75 Å². The van der Waals surface area contributed by atoms with Gasteiger partial charge < -0.3 is 14.8 Å². The van der Waals surface area contributed by atoms with E-state index in [9.17, 15) is 0 Å². The van der Waals surface area contributed by atoms with Gasteiger partial charge in [0.25, 0.3) is 0 Å². The van der Waals surface area contributed by atoms with Crippen molar-refractivity contribution in [3.8, 4) is 5.75 Å². The zero-order valence-corrected chi connectivity index (χ0v) is 11.6. The van der Waals surface area contributed by atoms with Crippen LogP contribution in [0.25, 0.3) is 0 Å². The third kappa shape index (κ3) is 3.44. The van der Waals surface area contributed by atoms with Crippen molar-refractivity contribution < 1.29 is 9.47 Å². The third-order valence-electron chi connectivity index (χ3n) is 2.93. The molecular formula is C13H18BrNO2. The predicted octanol–water partition coefficient (Wildman–Crippen LogP) is 2.90. The highest BCUT2D eigenvalue weighted by molar-refractivity contribution is 9.10. The van der Waals surface area contributed by atoms with E-state index in [-0.39, 0.29) is 0 Å². The van der Waals surface area contributed by atoms with Crippen molar-refractivity contribution in [1.29, 1.82) is 0 Å². The van der Waals surface area contributed by atoms with E-state index in [0.717, 1.165) is 42.8 Å². The van der Waals surface area contributed by atoms with Gasteiger partial charge in [-0.05, 0) is 31.2 Å². The number of halogens is 1. The minimum Gasteiger partial charge on any atom is -0.493 e. The predicted molar refractivity (Wildman–Crippen MR) is 71.5 cm³/mol. The molecule has 2 rings (SSSR count). The SMILES string of the molecule is COCCCNC1CCOc2ccc(Br)cc21. The lowest BCUT2D eigenvalue weighted by Gasteiger charge is -2.27. The van der Waals surface area contributed by atoms with Crippen molar-refractivity contribution in [2.75, 3.05) is 26.9 Å². The standard InChI is InChI=1S/C13H18BrNO2/c1-16-7-2-6-15-12-5-8-17-13-4-3-10(14)9-11(12)13/h3-4,9,12,15H,2,5-8H2,1H3. The molecular weight excluding hydrogens is 282 g/mol. The van der Waals surface area contributed by atoms with Gasteiger partial charge in [0.15, 0.2) is 0 Å². The second-order valence-corrected chi connectivity index (χ2v) is 5.09. The van der Waals surface area contributed by atoms with Crippen LogP contribution in [0.2, 0.25) is 0 Å². The molecule has 1 aliphatic heterocycles. The molecule has 1 unspecified atom stereocenters. The van der Waals surface area contributed by atoms with Crippen LogP contribution in [0.3, 0.4) is 0 Å². The molecule has 1 aliphatic rings. The van der Waals surface area contributed by atoms with E-state index < -0.39 is 0 Å². The van der Waals surface area contributed by atoms with Crippen LogP contribution in [-0.2, 0) is 4.74 Å². The van der Waals surface area contributed by atoms with Gasteiger partial charge in [0.2, 0.25) is 0 Å². The van der Waals surface area contributed by atoms with Crippen LogP contribution < -0.4 is 10.1 Å². The van der Waals surface area contributed by atoms with Crippen molar-refractivity contribution in [2.24, 2.45) is 0 Å². The largest absolute Gasteiger partial charge is 0.493 e. The molecule has 0 fully saturated rings. The molecule has 1 N–H and O–H groups in total. The Balaban J connectivity index is 1.98. The molecule has 1 atom stereocenters. The first-order valence-corrected chi connectivity index (χ1v) is 6.75. The molecule has 0 bridgehead atoms. The maximum absolute atomic E-state index is 5.65. The molecule has 0 aliphatic carbocycles. The highest BCUT2D eigenvalue weighted by Gasteiger charge is 2.20. The molecule has 0 amide bonds. The summed E-state index contributed by atoms with van der Waals surface area (Å²) in [5.41, 5.74) is 1.25. The second kappa shape index (κ2) is 6.38. The highest BCUT2D eigenvalue weighted by Crippen LogP contribution is 2.33. The highest BCUT2D eigenvalue weighted by atomic mass is 79.9. The van der Waals surface area contributed by atoms with Gasteiger partial charge in [-0.3, -0.25) is 0 Å². The number of benzene rings is 1. The van der Waals surface area contributed by atoms with Crippen LogP contribution in [0.1, 0.15) is 24.4 Å². The summed E-state index contributed by atoms with van der Waals surface area (Å²) in [6, 6.07) is 6.59. The van der Waals surface area contributed by atoms with Crippen LogP contribution in [-0.4, -0.2) is 26.9 Å². The van der Waals surface area contributed by atoms with Crippen molar-refractivity contribution >= 4 is 15.9 Å². The van der Waals surface area contributed by atoms with Crippen LogP contribution in [0.15, 0.2) is 22.7 Å². The molecule has 1 heterocycles. The van der Waals surface area contributed by atoms with Gasteiger partial charge >= 0.3 is 0 Å². The Morgan fingerprint density at radius 1 is 1.53 bits per heavy atom. The summed E-state index contributed by atoms with van der Waals surface area (Å²) in [4.78, 5) is 0. The van der Waals surface area contributed by atoms with Gasteiger partial charge in [-0.2, -0.15) is 0 Å². The topological polar surface area (TPSA) is 30.5 Å². The van der Waals surface area contributed by atoms with Gasteiger partial charge in [-0.1, -0.05) is 15.9 Å². The van der Waals surface area contributed by atoms with E-state index in [1.807, 2.05) is 12.1 Å². The van der Waals surface area contributed by atoms with E-state index in [1.54, 1.807) is 7.11 Å². The van der Waals surface area contributed by atoms with Gasteiger partial charge in [-0.15, -0.1) is 0 Å². The number of hydrogen-bond donors (Lipinski definition) is 1. The Bertz CT molecular complexity index is 370. The quantitative estimate of drug-likeness (QED) is 0.848. The van der Waals surface area contributed by atoms with E-state index in [2.05, 4.69) is 27.3 Å². The number of rotatable bonds is 5. The summed E-state index contributed by atoms with van der Waals surface area (Å²) in [6.45, 7) is 2.57. The molecule has 0 radical (unpaired) electrons. The van der Waals surface area contributed by atoms with Crippen LogP contribution in [0, 0.1) is 0 Å². The van der Waals surface area contributed by atoms with Crippen LogP contribution in [0.4, 0.5) is 0 Å². The van der Waals surface area contributed by atoms with Crippen molar-refractivity contribution in [3.05, 3.63) is 28.2 Å². The molecule has 0 aromatic heterocycles. The Morgan fingerprint density at radius 3 is 3.24 bits per heavy atom. The van der Waals surface area contributed by atoms with Gasteiger partial charge in [0, 0.05) is 36.2 Å². The Labute approximate surface area is 111 Å². The fourth-order valence-electron chi connectivity index (χ4n) is 2.07. The van der Waals surface area contributed by atoms with Crippen molar-refractivity contribution in [2.45, 2.75) is 18.9 Å². The minimum absolute atomic E-state index is 0.396. The first-order chi connectivity index (χ1) is 8.31. The molecule has 0 spiro atoms. The zero-order valence-electron chi connectivity index (χ0n) is 10.0. The van der Waals surface area contributed by atoms with Gasteiger partial charge in [0.05, 0.1) is 6.61 Å². The van der Waals surface area contributed by atoms with E-state index in [0.29, 0.717) is 6.04 Å². The van der Waals surface area contributed by atoms with Gasteiger partial charge in [-0.25, -0.2) is 0 Å². The molecule has 3 nitrogen and oxygen atoms in total. The van der Waals surface area contributed by atoms with Crippen molar-refractivity contribution in [3.63, 3.8) is 0 Å². The summed E-state index contributed by atoms with van der Waals surface area (Å²) < 4.78 is 11.8. The summed E-state index contributed by atoms with van der Waals surface area (Å²) >= 11 is 3.51. The fraction of sp³-hybridized carbons (Fsp3) is 0.538. The Kier molecular flexibility index (Phi) is 4.83. The minimum atomic E-state index is 0.396. The molecule has 0 saturated carbocycles. The number of fused-ring (bicyclic) bond motifs is 1. The maximum atomic E-state index is 5.65. The summed E-state index contributed by atoms with van der Waals surface area (Å²) in [5, 5.41) is 3.56. The number of ether oxygens (including phenoxy) is 2. The molecule has 0 saturated heterocycles. The first kappa shape index (κ1) is 12.9. The van der Waals surface area contributed by atoms with Gasteiger partial charge in [0.1, 0.15) is 5.75 Å².